The molecule has 1 aromatic rings. The number of carbonyl (C=O) groups excluding carboxylic acids is 1. The van der Waals surface area contributed by atoms with E-state index < -0.39 is 15.2 Å². The topological polar surface area (TPSA) is 89.1 Å². The summed E-state index contributed by atoms with van der Waals surface area (Å²) in [5.41, 5.74) is -0.259. The molecular formula is C6H6Cl2N2O4S. The predicted molar refractivity (Wildman–Crippen MR) is 56.0 cm³/mol. The van der Waals surface area contributed by atoms with E-state index in [-0.39, 0.29) is 11.3 Å². The Morgan fingerprint density at radius 3 is 2.47 bits per heavy atom. The summed E-state index contributed by atoms with van der Waals surface area (Å²) in [4.78, 5) is 27.0. The van der Waals surface area contributed by atoms with Gasteiger partial charge in [-0.05, 0) is 0 Å². The molecule has 0 bridgehead atoms. The number of hydrogen-bond donors (Lipinski definition) is 1. The van der Waals surface area contributed by atoms with Gasteiger partial charge in [0.05, 0.1) is 13.3 Å². The third kappa shape index (κ3) is 7.06. The highest BCUT2D eigenvalue weighted by Crippen LogP contribution is 1.89. The number of nitrogens with one attached hydrogen (secondary N) is 1. The van der Waals surface area contributed by atoms with Crippen molar-refractivity contribution in [1.82, 2.24) is 9.97 Å². The van der Waals surface area contributed by atoms with Crippen molar-refractivity contribution < 1.29 is 13.7 Å². The molecule has 0 unspecified atom stereocenters. The Hall–Kier alpha value is -0.920. The maximum absolute atomic E-state index is 10.7. The Morgan fingerprint density at radius 2 is 2.13 bits per heavy atom. The molecule has 0 saturated heterocycles. The number of esters is 1. The standard InChI is InChI=1S/C6H6N2O3.Cl2OS/c1-11-6(10)4-2-8-5(9)3-7-4;1-4(2)3/h2-3H,1H3,(H,8,9);. The molecule has 1 aromatic heterocycles. The SMILES string of the molecule is COC(=O)c1c[nH]c(=O)cn1.O=S(Cl)Cl. The zero-order valence-corrected chi connectivity index (χ0v) is 9.73. The first-order chi connectivity index (χ1) is 6.97. The van der Waals surface area contributed by atoms with E-state index >= 15 is 0 Å². The molecule has 0 fully saturated rings. The number of rotatable bonds is 1. The number of carbonyl (C=O) groups is 1. The molecule has 0 amide bonds. The fourth-order valence-electron chi connectivity index (χ4n) is 0.558. The van der Waals surface area contributed by atoms with Crippen LogP contribution in [0.4, 0.5) is 0 Å². The van der Waals surface area contributed by atoms with E-state index in [0.717, 1.165) is 6.20 Å². The lowest BCUT2D eigenvalue weighted by molar-refractivity contribution is 0.0593. The van der Waals surface area contributed by atoms with Gasteiger partial charge in [0.25, 0.3) is 5.56 Å². The molecule has 1 rings (SSSR count). The summed E-state index contributed by atoms with van der Waals surface area (Å²) in [6, 6.07) is 0. The molecule has 9 heteroatoms. The Morgan fingerprint density at radius 1 is 1.60 bits per heavy atom. The first-order valence-corrected chi connectivity index (χ1v) is 6.15. The lowest BCUT2D eigenvalue weighted by Gasteiger charge is -1.94. The average molecular weight is 273 g/mol. The van der Waals surface area contributed by atoms with Gasteiger partial charge in [0.2, 0.25) is 9.23 Å². The van der Waals surface area contributed by atoms with E-state index in [4.69, 9.17) is 4.21 Å². The number of aromatic amines is 1. The maximum Gasteiger partial charge on any atom is 0.358 e. The number of ether oxygens (including phenoxy) is 1. The van der Waals surface area contributed by atoms with Crippen molar-refractivity contribution in [3.05, 3.63) is 28.4 Å². The quantitative estimate of drug-likeness (QED) is 0.597. The summed E-state index contributed by atoms with van der Waals surface area (Å²) >= 11 is 0. The lowest BCUT2D eigenvalue weighted by Crippen LogP contribution is -2.11. The molecule has 0 spiro atoms. The van der Waals surface area contributed by atoms with Gasteiger partial charge < -0.3 is 9.72 Å². The first kappa shape index (κ1) is 14.1. The Bertz CT molecular complexity index is 384. The van der Waals surface area contributed by atoms with Crippen molar-refractivity contribution >= 4 is 36.6 Å². The molecule has 1 N–H and O–H groups in total. The van der Waals surface area contributed by atoms with E-state index in [1.54, 1.807) is 0 Å². The summed E-state index contributed by atoms with van der Waals surface area (Å²) in [5.74, 6) is -0.568. The fourth-order valence-corrected chi connectivity index (χ4v) is 0.558. The monoisotopic (exact) mass is 272 g/mol. The zero-order valence-electron chi connectivity index (χ0n) is 7.40. The van der Waals surface area contributed by atoms with Crippen LogP contribution in [0, 0.1) is 0 Å². The predicted octanol–water partition coefficient (Wildman–Crippen LogP) is 0.599. The fraction of sp³-hybridized carbons (Fsp3) is 0.167. The van der Waals surface area contributed by atoms with Crippen LogP contribution in [0.2, 0.25) is 0 Å². The minimum Gasteiger partial charge on any atom is -0.464 e. The maximum atomic E-state index is 10.7. The molecule has 0 radical (unpaired) electrons. The smallest absolute Gasteiger partial charge is 0.358 e. The van der Waals surface area contributed by atoms with Crippen LogP contribution in [0.1, 0.15) is 10.5 Å². The van der Waals surface area contributed by atoms with Crippen molar-refractivity contribution in [2.45, 2.75) is 0 Å². The van der Waals surface area contributed by atoms with Gasteiger partial charge in [-0.3, -0.25) is 4.79 Å². The zero-order chi connectivity index (χ0) is 11.8. The van der Waals surface area contributed by atoms with Crippen LogP contribution in [0.5, 0.6) is 0 Å². The third-order valence-corrected chi connectivity index (χ3v) is 1.07. The molecular weight excluding hydrogens is 267 g/mol. The molecule has 15 heavy (non-hydrogen) atoms. The largest absolute Gasteiger partial charge is 0.464 e. The number of halogens is 2. The molecule has 0 aromatic carbocycles. The second-order valence-electron chi connectivity index (χ2n) is 1.97. The highest BCUT2D eigenvalue weighted by atomic mass is 36.0. The van der Waals surface area contributed by atoms with Gasteiger partial charge in [0.15, 0.2) is 5.69 Å². The van der Waals surface area contributed by atoms with Crippen LogP contribution < -0.4 is 5.56 Å². The molecule has 0 aliphatic rings. The van der Waals surface area contributed by atoms with E-state index in [9.17, 15) is 9.59 Å². The molecule has 84 valence electrons. The number of methoxy groups -OCH3 is 1. The van der Waals surface area contributed by atoms with Crippen molar-refractivity contribution in [3.63, 3.8) is 0 Å². The van der Waals surface area contributed by atoms with Crippen LogP contribution in [0.15, 0.2) is 17.2 Å². The second-order valence-corrected chi connectivity index (χ2v) is 4.50. The molecule has 1 heterocycles. The molecule has 0 aliphatic carbocycles. The van der Waals surface area contributed by atoms with Crippen molar-refractivity contribution in [2.75, 3.05) is 7.11 Å². The number of nitrogens with zero attached hydrogens (tertiary/aromatic N) is 1. The summed E-state index contributed by atoms with van der Waals surface area (Å²) in [6.45, 7) is 0. The van der Waals surface area contributed by atoms with E-state index in [1.165, 1.54) is 13.3 Å². The highest BCUT2D eigenvalue weighted by Gasteiger charge is 2.04. The van der Waals surface area contributed by atoms with Crippen LogP contribution in [-0.2, 0) is 14.0 Å². The minimum atomic E-state index is -1.67. The second kappa shape index (κ2) is 7.38. The van der Waals surface area contributed by atoms with Crippen molar-refractivity contribution in [3.8, 4) is 0 Å². The van der Waals surface area contributed by atoms with E-state index in [2.05, 4.69) is 36.1 Å². The van der Waals surface area contributed by atoms with Gasteiger partial charge in [-0.15, -0.1) is 0 Å². The van der Waals surface area contributed by atoms with Gasteiger partial charge in [0, 0.05) is 27.6 Å². The van der Waals surface area contributed by atoms with Gasteiger partial charge in [-0.2, -0.15) is 0 Å². The Kier molecular flexibility index (Phi) is 6.93. The Labute approximate surface area is 96.0 Å². The molecule has 6 nitrogen and oxygen atoms in total. The van der Waals surface area contributed by atoms with E-state index in [0.29, 0.717) is 0 Å². The normalized spacial score (nSPS) is 9.07. The number of aromatic nitrogens is 2. The highest BCUT2D eigenvalue weighted by molar-refractivity contribution is 8.26. The lowest BCUT2D eigenvalue weighted by atomic mass is 10.5. The number of hydrogen-bond acceptors (Lipinski definition) is 5. The van der Waals surface area contributed by atoms with Crippen LogP contribution in [0.25, 0.3) is 0 Å². The van der Waals surface area contributed by atoms with Crippen LogP contribution in [0.3, 0.4) is 0 Å². The summed E-state index contributed by atoms with van der Waals surface area (Å²) in [7, 11) is 8.60. The summed E-state index contributed by atoms with van der Waals surface area (Å²) in [5, 5.41) is 0. The van der Waals surface area contributed by atoms with Crippen molar-refractivity contribution in [1.29, 1.82) is 0 Å². The van der Waals surface area contributed by atoms with Crippen molar-refractivity contribution in [2.24, 2.45) is 0 Å². The number of H-pyrrole nitrogens is 1. The minimum absolute atomic E-state index is 0.0899. The first-order valence-electron chi connectivity index (χ1n) is 3.34. The van der Waals surface area contributed by atoms with E-state index in [1.807, 2.05) is 0 Å². The van der Waals surface area contributed by atoms with Gasteiger partial charge in [0.1, 0.15) is 0 Å². The third-order valence-electron chi connectivity index (χ3n) is 1.07. The van der Waals surface area contributed by atoms with Crippen LogP contribution in [-0.4, -0.2) is 27.3 Å². The van der Waals surface area contributed by atoms with Gasteiger partial charge in [-0.1, -0.05) is 0 Å². The van der Waals surface area contributed by atoms with Crippen LogP contribution >= 0.6 is 21.4 Å². The summed E-state index contributed by atoms with van der Waals surface area (Å²) < 4.78 is 13.4. The molecule has 0 aliphatic heterocycles. The molecule has 0 atom stereocenters. The van der Waals surface area contributed by atoms with Gasteiger partial charge in [-0.25, -0.2) is 14.0 Å². The molecule has 0 saturated carbocycles. The summed E-state index contributed by atoms with van der Waals surface area (Å²) in [6.07, 6.45) is 2.22. The Balaban J connectivity index is 0.000000423. The van der Waals surface area contributed by atoms with Gasteiger partial charge >= 0.3 is 5.97 Å². The average Bonchev–Trinajstić information content (AvgIpc) is 2.17.